The summed E-state index contributed by atoms with van der Waals surface area (Å²) in [5.41, 5.74) is 7.81. The van der Waals surface area contributed by atoms with Crippen LogP contribution >= 0.6 is 0 Å². The highest BCUT2D eigenvalue weighted by Gasteiger charge is 2.15. The molecule has 0 spiro atoms. The topological polar surface area (TPSA) is 84.7 Å². The van der Waals surface area contributed by atoms with Gasteiger partial charge in [0, 0.05) is 22.6 Å². The third kappa shape index (κ3) is 5.19. The van der Waals surface area contributed by atoms with E-state index in [1.807, 2.05) is 33.8 Å². The summed E-state index contributed by atoms with van der Waals surface area (Å²) in [5.74, 6) is -1.19. The molecule has 7 nitrogen and oxygen atoms in total. The number of benzene rings is 2. The van der Waals surface area contributed by atoms with Crippen LogP contribution in [-0.4, -0.2) is 29.2 Å². The average molecular weight is 418 g/mol. The van der Waals surface area contributed by atoms with Gasteiger partial charge in [0.05, 0.1) is 18.5 Å². The number of carbonyl (C=O) groups excluding carboxylic acids is 2. The van der Waals surface area contributed by atoms with Gasteiger partial charge in [-0.1, -0.05) is 29.8 Å². The first-order valence-corrected chi connectivity index (χ1v) is 10.0. The number of hydrogen-bond acceptors (Lipinski definition) is 4. The Bertz CT molecular complexity index is 1110. The second kappa shape index (κ2) is 9.75. The maximum Gasteiger partial charge on any atom is 0.329 e. The van der Waals surface area contributed by atoms with E-state index in [0.29, 0.717) is 18.0 Å². The van der Waals surface area contributed by atoms with Crippen LogP contribution in [0.2, 0.25) is 0 Å². The van der Waals surface area contributed by atoms with Crippen LogP contribution in [0.3, 0.4) is 0 Å². The molecule has 2 N–H and O–H groups in total. The molecule has 0 radical (unpaired) electrons. The second-order valence-electron chi connectivity index (χ2n) is 7.08. The van der Waals surface area contributed by atoms with E-state index in [1.54, 1.807) is 24.3 Å². The summed E-state index contributed by atoms with van der Waals surface area (Å²) < 4.78 is 7.56. The first-order chi connectivity index (χ1) is 14.9. The zero-order chi connectivity index (χ0) is 22.4. The molecule has 0 unspecified atom stereocenters. The lowest BCUT2D eigenvalue weighted by Crippen LogP contribution is -2.32. The van der Waals surface area contributed by atoms with Crippen LogP contribution in [0.1, 0.15) is 29.4 Å². The van der Waals surface area contributed by atoms with Gasteiger partial charge in [0.1, 0.15) is 5.75 Å². The molecule has 0 saturated carbocycles. The summed E-state index contributed by atoms with van der Waals surface area (Å²) >= 11 is 0. The van der Waals surface area contributed by atoms with Gasteiger partial charge in [-0.25, -0.2) is 5.43 Å². The molecule has 0 bridgehead atoms. The summed E-state index contributed by atoms with van der Waals surface area (Å²) in [6.07, 6.45) is 1.53. The summed E-state index contributed by atoms with van der Waals surface area (Å²) in [6.45, 7) is 8.32. The number of nitrogens with zero attached hydrogens (tertiary/aromatic N) is 2. The highest BCUT2D eigenvalue weighted by molar-refractivity contribution is 6.39. The highest BCUT2D eigenvalue weighted by atomic mass is 16.5. The Balaban J connectivity index is 1.67. The van der Waals surface area contributed by atoms with Crippen molar-refractivity contribution in [2.24, 2.45) is 5.10 Å². The van der Waals surface area contributed by atoms with Gasteiger partial charge in [-0.2, -0.15) is 5.10 Å². The Morgan fingerprint density at radius 3 is 2.45 bits per heavy atom. The van der Waals surface area contributed by atoms with Gasteiger partial charge < -0.3 is 14.6 Å². The van der Waals surface area contributed by atoms with Gasteiger partial charge in [-0.15, -0.1) is 0 Å². The van der Waals surface area contributed by atoms with E-state index in [1.165, 1.54) is 11.8 Å². The van der Waals surface area contributed by atoms with Crippen LogP contribution in [0, 0.1) is 20.8 Å². The molecule has 1 aromatic heterocycles. The lowest BCUT2D eigenvalue weighted by atomic mass is 10.2. The molecule has 0 atom stereocenters. The van der Waals surface area contributed by atoms with Crippen molar-refractivity contribution in [3.05, 3.63) is 77.1 Å². The van der Waals surface area contributed by atoms with E-state index in [0.717, 1.165) is 22.6 Å². The number of ether oxygens (including phenoxy) is 1. The van der Waals surface area contributed by atoms with E-state index >= 15 is 0 Å². The standard InChI is InChI=1S/C24H26N4O3/c1-5-31-22-9-7-6-8-21(22)26-23(29)24(30)27-25-15-19-14-17(3)28(18(19)4)20-12-10-16(2)11-13-20/h6-15H,5H2,1-4H3,(H,26,29)(H,27,30)/b25-15-. The fourth-order valence-electron chi connectivity index (χ4n) is 3.25. The fraction of sp³-hybridized carbons (Fsp3) is 0.208. The molecule has 1 heterocycles. The minimum atomic E-state index is -0.866. The van der Waals surface area contributed by atoms with Gasteiger partial charge >= 0.3 is 11.8 Å². The van der Waals surface area contributed by atoms with Crippen LogP contribution < -0.4 is 15.5 Å². The van der Waals surface area contributed by atoms with E-state index in [2.05, 4.69) is 44.7 Å². The molecular formula is C24H26N4O3. The quantitative estimate of drug-likeness (QED) is 0.362. The Labute approximate surface area is 181 Å². The summed E-state index contributed by atoms with van der Waals surface area (Å²) in [4.78, 5) is 24.3. The Kier molecular flexibility index (Phi) is 6.87. The van der Waals surface area contributed by atoms with Crippen molar-refractivity contribution < 1.29 is 14.3 Å². The SMILES string of the molecule is CCOc1ccccc1NC(=O)C(=O)N/N=C\c1cc(C)n(-c2ccc(C)cc2)c1C. The maximum absolute atomic E-state index is 12.2. The third-order valence-electron chi connectivity index (χ3n) is 4.77. The van der Waals surface area contributed by atoms with Crippen LogP contribution in [0.25, 0.3) is 5.69 Å². The van der Waals surface area contributed by atoms with Crippen LogP contribution in [-0.2, 0) is 9.59 Å². The minimum absolute atomic E-state index is 0.426. The normalized spacial score (nSPS) is 10.8. The predicted octanol–water partition coefficient (Wildman–Crippen LogP) is 3.89. The molecule has 3 rings (SSSR count). The number of amides is 2. The van der Waals surface area contributed by atoms with Gasteiger partial charge in [0.15, 0.2) is 0 Å². The fourth-order valence-corrected chi connectivity index (χ4v) is 3.25. The molecule has 2 aromatic carbocycles. The molecule has 0 aliphatic heterocycles. The zero-order valence-electron chi connectivity index (χ0n) is 18.1. The van der Waals surface area contributed by atoms with Gasteiger partial charge in [-0.05, 0) is 58.0 Å². The molecule has 7 heteroatoms. The third-order valence-corrected chi connectivity index (χ3v) is 4.77. The summed E-state index contributed by atoms with van der Waals surface area (Å²) in [5, 5.41) is 6.50. The molecule has 2 amide bonds. The van der Waals surface area contributed by atoms with Crippen molar-refractivity contribution in [1.29, 1.82) is 0 Å². The molecule has 0 aliphatic carbocycles. The lowest BCUT2D eigenvalue weighted by Gasteiger charge is -2.10. The van der Waals surface area contributed by atoms with Gasteiger partial charge in [0.2, 0.25) is 0 Å². The number of hydrogen-bond donors (Lipinski definition) is 2. The molecule has 0 fully saturated rings. The van der Waals surface area contributed by atoms with Gasteiger partial charge in [-0.3, -0.25) is 9.59 Å². The maximum atomic E-state index is 12.2. The van der Waals surface area contributed by atoms with Crippen molar-refractivity contribution >= 4 is 23.7 Å². The number of rotatable bonds is 6. The predicted molar refractivity (Wildman–Crippen MR) is 122 cm³/mol. The van der Waals surface area contributed by atoms with E-state index in [4.69, 9.17) is 4.74 Å². The Hall–Kier alpha value is -3.87. The summed E-state index contributed by atoms with van der Waals surface area (Å²) in [7, 11) is 0. The molecule has 0 aliphatic rings. The first-order valence-electron chi connectivity index (χ1n) is 10.0. The van der Waals surface area contributed by atoms with E-state index < -0.39 is 11.8 Å². The number of para-hydroxylation sites is 2. The van der Waals surface area contributed by atoms with Crippen LogP contribution in [0.4, 0.5) is 5.69 Å². The molecular weight excluding hydrogens is 392 g/mol. The smallest absolute Gasteiger partial charge is 0.329 e. The highest BCUT2D eigenvalue weighted by Crippen LogP contribution is 2.23. The number of hydrazone groups is 1. The van der Waals surface area contributed by atoms with Crippen molar-refractivity contribution in [2.75, 3.05) is 11.9 Å². The molecule has 3 aromatic rings. The number of carbonyl (C=O) groups is 2. The van der Waals surface area contributed by atoms with Crippen molar-refractivity contribution in [2.45, 2.75) is 27.7 Å². The monoisotopic (exact) mass is 418 g/mol. The van der Waals surface area contributed by atoms with Gasteiger partial charge in [0.25, 0.3) is 0 Å². The first kappa shape index (κ1) is 21.8. The molecule has 31 heavy (non-hydrogen) atoms. The van der Waals surface area contributed by atoms with Crippen molar-refractivity contribution in [1.82, 2.24) is 9.99 Å². The van der Waals surface area contributed by atoms with E-state index in [9.17, 15) is 9.59 Å². The minimum Gasteiger partial charge on any atom is -0.492 e. The van der Waals surface area contributed by atoms with Crippen LogP contribution in [0.5, 0.6) is 5.75 Å². The Morgan fingerprint density at radius 1 is 1.03 bits per heavy atom. The molecule has 160 valence electrons. The van der Waals surface area contributed by atoms with Crippen molar-refractivity contribution in [3.63, 3.8) is 0 Å². The van der Waals surface area contributed by atoms with Crippen molar-refractivity contribution in [3.8, 4) is 11.4 Å². The lowest BCUT2D eigenvalue weighted by molar-refractivity contribution is -0.136. The second-order valence-corrected chi connectivity index (χ2v) is 7.08. The number of aryl methyl sites for hydroxylation is 2. The average Bonchev–Trinajstić information content (AvgIpc) is 3.03. The zero-order valence-corrected chi connectivity index (χ0v) is 18.1. The van der Waals surface area contributed by atoms with E-state index in [-0.39, 0.29) is 0 Å². The Morgan fingerprint density at radius 2 is 1.74 bits per heavy atom. The number of aromatic nitrogens is 1. The number of nitrogens with one attached hydrogen (secondary N) is 2. The largest absolute Gasteiger partial charge is 0.492 e. The van der Waals surface area contributed by atoms with Crippen LogP contribution in [0.15, 0.2) is 59.7 Å². The number of anilines is 1. The summed E-state index contributed by atoms with van der Waals surface area (Å²) in [6, 6.07) is 17.1. The molecule has 0 saturated heterocycles.